The van der Waals surface area contributed by atoms with E-state index in [1.807, 2.05) is 14.1 Å². The van der Waals surface area contributed by atoms with Gasteiger partial charge in [0, 0.05) is 18.9 Å². The molecule has 0 radical (unpaired) electrons. The minimum absolute atomic E-state index is 0.786. The zero-order chi connectivity index (χ0) is 9.40. The average Bonchev–Trinajstić information content (AvgIpc) is 2.05. The van der Waals surface area contributed by atoms with Gasteiger partial charge in [0.1, 0.15) is 0 Å². The first-order valence-corrected chi connectivity index (χ1v) is 3.76. The van der Waals surface area contributed by atoms with E-state index in [1.165, 1.54) is 6.20 Å². The molecule has 0 aliphatic rings. The van der Waals surface area contributed by atoms with Crippen LogP contribution in [0.4, 0.5) is 0 Å². The standard InChI is InChI=1S/C8H16N4/c1-5-9-10-12(6-2)8-7-11(3)4/h5-6H,1-2,7-8H2,3-4H3/b10-9-. The van der Waals surface area contributed by atoms with E-state index >= 15 is 0 Å². The summed E-state index contributed by atoms with van der Waals surface area (Å²) < 4.78 is 0. The van der Waals surface area contributed by atoms with Gasteiger partial charge >= 0.3 is 0 Å². The van der Waals surface area contributed by atoms with Crippen molar-refractivity contribution in [2.45, 2.75) is 0 Å². The first-order chi connectivity index (χ1) is 5.70. The molecule has 0 aromatic heterocycles. The highest BCUT2D eigenvalue weighted by Crippen LogP contribution is 1.91. The molecule has 4 nitrogen and oxygen atoms in total. The second kappa shape index (κ2) is 6.54. The quantitative estimate of drug-likeness (QED) is 0.444. The normalized spacial score (nSPS) is 10.6. The predicted octanol–water partition coefficient (Wildman–Crippen LogP) is 1.50. The highest BCUT2D eigenvalue weighted by atomic mass is 15.5. The Bertz CT molecular complexity index is 162. The molecular weight excluding hydrogens is 152 g/mol. The van der Waals surface area contributed by atoms with Gasteiger partial charge in [-0.25, -0.2) is 0 Å². The maximum atomic E-state index is 3.83. The van der Waals surface area contributed by atoms with Crippen LogP contribution in [0.3, 0.4) is 0 Å². The van der Waals surface area contributed by atoms with Crippen LogP contribution < -0.4 is 0 Å². The fourth-order valence-corrected chi connectivity index (χ4v) is 0.578. The summed E-state index contributed by atoms with van der Waals surface area (Å²) >= 11 is 0. The van der Waals surface area contributed by atoms with Gasteiger partial charge in [-0.3, -0.25) is 5.01 Å². The van der Waals surface area contributed by atoms with Gasteiger partial charge in [-0.15, -0.1) is 5.11 Å². The van der Waals surface area contributed by atoms with E-state index in [9.17, 15) is 0 Å². The lowest BCUT2D eigenvalue weighted by molar-refractivity contribution is 0.305. The summed E-state index contributed by atoms with van der Waals surface area (Å²) in [5.74, 6) is 0. The summed E-state index contributed by atoms with van der Waals surface area (Å²) in [5.41, 5.74) is 0. The van der Waals surface area contributed by atoms with Crippen LogP contribution in [0.1, 0.15) is 0 Å². The highest BCUT2D eigenvalue weighted by Gasteiger charge is 1.95. The van der Waals surface area contributed by atoms with Gasteiger partial charge in [0.15, 0.2) is 0 Å². The molecule has 0 N–H and O–H groups in total. The van der Waals surface area contributed by atoms with E-state index in [1.54, 1.807) is 11.2 Å². The minimum Gasteiger partial charge on any atom is -0.308 e. The first-order valence-electron chi connectivity index (χ1n) is 3.76. The monoisotopic (exact) mass is 168 g/mol. The van der Waals surface area contributed by atoms with Crippen molar-refractivity contribution < 1.29 is 0 Å². The second-order valence-electron chi connectivity index (χ2n) is 2.54. The third-order valence-corrected chi connectivity index (χ3v) is 1.24. The predicted molar refractivity (Wildman–Crippen MR) is 50.5 cm³/mol. The Kier molecular flexibility index (Phi) is 5.91. The van der Waals surface area contributed by atoms with E-state index in [0.29, 0.717) is 0 Å². The number of nitrogens with zero attached hydrogens (tertiary/aromatic N) is 4. The highest BCUT2D eigenvalue weighted by molar-refractivity contribution is 4.68. The van der Waals surface area contributed by atoms with Crippen molar-refractivity contribution in [2.24, 2.45) is 10.3 Å². The maximum Gasteiger partial charge on any atom is 0.0553 e. The summed E-state index contributed by atoms with van der Waals surface area (Å²) in [7, 11) is 4.01. The topological polar surface area (TPSA) is 31.2 Å². The molecule has 0 aliphatic heterocycles. The Morgan fingerprint density at radius 2 is 1.92 bits per heavy atom. The molecule has 4 heteroatoms. The number of rotatable bonds is 6. The van der Waals surface area contributed by atoms with Gasteiger partial charge in [-0.1, -0.05) is 18.4 Å². The van der Waals surface area contributed by atoms with Crippen molar-refractivity contribution in [2.75, 3.05) is 27.2 Å². The van der Waals surface area contributed by atoms with Crippen molar-refractivity contribution in [3.8, 4) is 0 Å². The summed E-state index contributed by atoms with van der Waals surface area (Å²) in [6.45, 7) is 8.75. The Morgan fingerprint density at radius 1 is 1.25 bits per heavy atom. The van der Waals surface area contributed by atoms with Crippen molar-refractivity contribution >= 4 is 0 Å². The van der Waals surface area contributed by atoms with Crippen LogP contribution in [0.25, 0.3) is 0 Å². The molecule has 12 heavy (non-hydrogen) atoms. The van der Waals surface area contributed by atoms with E-state index in [2.05, 4.69) is 28.4 Å². The molecule has 0 saturated carbocycles. The molecule has 0 aromatic rings. The van der Waals surface area contributed by atoms with Gasteiger partial charge in [-0.2, -0.15) is 0 Å². The van der Waals surface area contributed by atoms with Crippen LogP contribution in [0.15, 0.2) is 35.9 Å². The van der Waals surface area contributed by atoms with Gasteiger partial charge in [0.25, 0.3) is 0 Å². The van der Waals surface area contributed by atoms with Crippen molar-refractivity contribution in [1.82, 2.24) is 9.91 Å². The fourth-order valence-electron chi connectivity index (χ4n) is 0.578. The third kappa shape index (κ3) is 5.61. The van der Waals surface area contributed by atoms with Crippen molar-refractivity contribution in [3.05, 3.63) is 25.6 Å². The zero-order valence-electron chi connectivity index (χ0n) is 7.77. The van der Waals surface area contributed by atoms with Crippen LogP contribution in [0, 0.1) is 0 Å². The molecule has 0 saturated heterocycles. The summed E-state index contributed by atoms with van der Waals surface area (Å²) in [6.07, 6.45) is 3.03. The molecule has 0 heterocycles. The first kappa shape index (κ1) is 10.8. The number of likely N-dealkylation sites (N-methyl/N-ethyl adjacent to an activating group) is 1. The lowest BCUT2D eigenvalue weighted by Gasteiger charge is -2.15. The second-order valence-corrected chi connectivity index (χ2v) is 2.54. The van der Waals surface area contributed by atoms with Crippen LogP contribution in [0.5, 0.6) is 0 Å². The van der Waals surface area contributed by atoms with Crippen molar-refractivity contribution in [3.63, 3.8) is 0 Å². The minimum atomic E-state index is 0.786. The number of hydrogen-bond donors (Lipinski definition) is 0. The summed E-state index contributed by atoms with van der Waals surface area (Å²) in [6, 6.07) is 0. The van der Waals surface area contributed by atoms with Crippen LogP contribution in [0.2, 0.25) is 0 Å². The Labute approximate surface area is 73.9 Å². The molecule has 0 atom stereocenters. The van der Waals surface area contributed by atoms with E-state index in [-0.39, 0.29) is 0 Å². The molecule has 0 aromatic carbocycles. The zero-order valence-corrected chi connectivity index (χ0v) is 7.77. The van der Waals surface area contributed by atoms with Crippen molar-refractivity contribution in [1.29, 1.82) is 0 Å². The third-order valence-electron chi connectivity index (χ3n) is 1.24. The van der Waals surface area contributed by atoms with E-state index < -0.39 is 0 Å². The molecule has 0 spiro atoms. The van der Waals surface area contributed by atoms with E-state index in [4.69, 9.17) is 0 Å². The molecule has 0 rings (SSSR count). The van der Waals surface area contributed by atoms with Crippen LogP contribution >= 0.6 is 0 Å². The largest absolute Gasteiger partial charge is 0.308 e. The summed E-state index contributed by atoms with van der Waals surface area (Å²) in [4.78, 5) is 2.07. The number of hydrogen-bond acceptors (Lipinski definition) is 3. The van der Waals surface area contributed by atoms with Gasteiger partial charge in [0.05, 0.1) is 6.54 Å². The van der Waals surface area contributed by atoms with Gasteiger partial charge in [-0.05, 0) is 14.1 Å². The Balaban J connectivity index is 3.74. The molecule has 0 aliphatic carbocycles. The Morgan fingerprint density at radius 3 is 2.33 bits per heavy atom. The van der Waals surface area contributed by atoms with Gasteiger partial charge < -0.3 is 4.90 Å². The smallest absolute Gasteiger partial charge is 0.0553 e. The fraction of sp³-hybridized carbons (Fsp3) is 0.500. The Hall–Kier alpha value is -1.16. The molecule has 0 amide bonds. The van der Waals surface area contributed by atoms with E-state index in [0.717, 1.165) is 13.1 Å². The molecule has 68 valence electrons. The average molecular weight is 168 g/mol. The lowest BCUT2D eigenvalue weighted by atomic mass is 10.6. The van der Waals surface area contributed by atoms with Crippen LogP contribution in [-0.2, 0) is 0 Å². The van der Waals surface area contributed by atoms with Crippen LogP contribution in [-0.4, -0.2) is 37.1 Å². The van der Waals surface area contributed by atoms with Gasteiger partial charge in [0.2, 0.25) is 0 Å². The lowest BCUT2D eigenvalue weighted by Crippen LogP contribution is -2.24. The molecule has 0 unspecified atom stereocenters. The molecule has 0 fully saturated rings. The summed E-state index contributed by atoms with van der Waals surface area (Å²) in [5, 5.41) is 9.14. The molecule has 0 bridgehead atoms. The molecular formula is C8H16N4. The maximum absolute atomic E-state index is 3.83. The SMILES string of the molecule is C=C/N=N\N(C=C)CCN(C)C.